The predicted octanol–water partition coefficient (Wildman–Crippen LogP) is 2.59. The maximum absolute atomic E-state index is 12.8. The van der Waals surface area contributed by atoms with Crippen LogP contribution in [0.3, 0.4) is 0 Å². The van der Waals surface area contributed by atoms with E-state index in [4.69, 9.17) is 5.73 Å². The lowest BCUT2D eigenvalue weighted by atomic mass is 10.0. The van der Waals surface area contributed by atoms with Gasteiger partial charge in [-0.2, -0.15) is 0 Å². The molecule has 1 aromatic rings. The van der Waals surface area contributed by atoms with Crippen molar-refractivity contribution in [2.24, 2.45) is 11.7 Å². The van der Waals surface area contributed by atoms with Crippen LogP contribution < -0.4 is 5.73 Å². The molecule has 0 saturated heterocycles. The number of halogens is 1. The van der Waals surface area contributed by atoms with E-state index in [1.54, 1.807) is 24.1 Å². The molecule has 0 aliphatic rings. The zero-order valence-electron chi connectivity index (χ0n) is 12.6. The second-order valence-electron chi connectivity index (χ2n) is 5.64. The van der Waals surface area contributed by atoms with Gasteiger partial charge in [0.15, 0.2) is 0 Å². The predicted molar refractivity (Wildman–Crippen MR) is 79.8 cm³/mol. The van der Waals surface area contributed by atoms with E-state index in [1.807, 2.05) is 0 Å². The number of amides is 1. The van der Waals surface area contributed by atoms with Gasteiger partial charge in [0.25, 0.3) is 0 Å². The van der Waals surface area contributed by atoms with E-state index in [-0.39, 0.29) is 17.8 Å². The van der Waals surface area contributed by atoms with Crippen LogP contribution in [0.1, 0.15) is 32.3 Å². The number of benzene rings is 1. The molecule has 1 unspecified atom stereocenters. The summed E-state index contributed by atoms with van der Waals surface area (Å²) in [6, 6.07) is 6.41. The minimum atomic E-state index is -0.250. The van der Waals surface area contributed by atoms with Gasteiger partial charge < -0.3 is 10.6 Å². The third-order valence-electron chi connectivity index (χ3n) is 3.62. The Morgan fingerprint density at radius 1 is 1.30 bits per heavy atom. The van der Waals surface area contributed by atoms with Gasteiger partial charge in [0.05, 0.1) is 0 Å². The van der Waals surface area contributed by atoms with Crippen LogP contribution in [0, 0.1) is 11.7 Å². The molecule has 0 saturated carbocycles. The molecule has 4 heteroatoms. The second kappa shape index (κ2) is 8.00. The van der Waals surface area contributed by atoms with Crippen molar-refractivity contribution >= 4 is 5.91 Å². The highest BCUT2D eigenvalue weighted by atomic mass is 19.1. The molecule has 0 aliphatic carbocycles. The number of rotatable bonds is 7. The molecule has 0 aromatic heterocycles. The minimum Gasteiger partial charge on any atom is -0.346 e. The molecule has 0 bridgehead atoms. The summed E-state index contributed by atoms with van der Waals surface area (Å²) in [5.41, 5.74) is 6.95. The van der Waals surface area contributed by atoms with Crippen LogP contribution in [0.2, 0.25) is 0 Å². The Kier molecular flexibility index (Phi) is 6.65. The van der Waals surface area contributed by atoms with Gasteiger partial charge in [-0.3, -0.25) is 4.79 Å². The lowest BCUT2D eigenvalue weighted by Gasteiger charge is -2.21. The Morgan fingerprint density at radius 3 is 2.45 bits per heavy atom. The standard InChI is InChI=1S/C16H25FN2O/c1-12(2)15(18)10-11-19(3)16(20)9-6-13-4-7-14(17)8-5-13/h4-5,7-8,12,15H,6,9-11,18H2,1-3H3. The van der Waals surface area contributed by atoms with Crippen molar-refractivity contribution in [3.8, 4) is 0 Å². The van der Waals surface area contributed by atoms with Crippen molar-refractivity contribution in [3.63, 3.8) is 0 Å². The Bertz CT molecular complexity index is 417. The summed E-state index contributed by atoms with van der Waals surface area (Å²) >= 11 is 0. The van der Waals surface area contributed by atoms with Crippen molar-refractivity contribution in [1.82, 2.24) is 4.90 Å². The van der Waals surface area contributed by atoms with Gasteiger partial charge in [0, 0.05) is 26.1 Å². The van der Waals surface area contributed by atoms with E-state index < -0.39 is 0 Å². The fourth-order valence-electron chi connectivity index (χ4n) is 1.89. The van der Waals surface area contributed by atoms with E-state index in [0.29, 0.717) is 25.3 Å². The monoisotopic (exact) mass is 280 g/mol. The average molecular weight is 280 g/mol. The van der Waals surface area contributed by atoms with Crippen molar-refractivity contribution in [2.45, 2.75) is 39.2 Å². The molecule has 0 fully saturated rings. The summed E-state index contributed by atoms with van der Waals surface area (Å²) in [5, 5.41) is 0. The zero-order chi connectivity index (χ0) is 15.1. The highest BCUT2D eigenvalue weighted by Crippen LogP contribution is 2.08. The number of carbonyl (C=O) groups is 1. The molecule has 1 aromatic carbocycles. The van der Waals surface area contributed by atoms with Crippen molar-refractivity contribution in [3.05, 3.63) is 35.6 Å². The maximum Gasteiger partial charge on any atom is 0.222 e. The van der Waals surface area contributed by atoms with E-state index >= 15 is 0 Å². The first-order chi connectivity index (χ1) is 9.40. The van der Waals surface area contributed by atoms with Crippen LogP contribution in [-0.4, -0.2) is 30.4 Å². The fourth-order valence-corrected chi connectivity index (χ4v) is 1.89. The third-order valence-corrected chi connectivity index (χ3v) is 3.62. The number of carbonyl (C=O) groups excluding carboxylic acids is 1. The largest absolute Gasteiger partial charge is 0.346 e. The molecule has 1 rings (SSSR count). The van der Waals surface area contributed by atoms with Gasteiger partial charge >= 0.3 is 0 Å². The van der Waals surface area contributed by atoms with E-state index in [0.717, 1.165) is 12.0 Å². The number of hydrogen-bond donors (Lipinski definition) is 1. The summed E-state index contributed by atoms with van der Waals surface area (Å²) in [5.74, 6) is 0.280. The molecule has 1 amide bonds. The topological polar surface area (TPSA) is 46.3 Å². The van der Waals surface area contributed by atoms with Crippen LogP contribution in [-0.2, 0) is 11.2 Å². The maximum atomic E-state index is 12.8. The first kappa shape index (κ1) is 16.6. The van der Waals surface area contributed by atoms with Crippen molar-refractivity contribution < 1.29 is 9.18 Å². The molecule has 0 aliphatic heterocycles. The Labute approximate surface area is 121 Å². The summed E-state index contributed by atoms with van der Waals surface area (Å²) in [6.07, 6.45) is 1.90. The molecular weight excluding hydrogens is 255 g/mol. The first-order valence-corrected chi connectivity index (χ1v) is 7.14. The molecule has 0 heterocycles. The second-order valence-corrected chi connectivity index (χ2v) is 5.64. The molecule has 0 spiro atoms. The van der Waals surface area contributed by atoms with Crippen LogP contribution in [0.4, 0.5) is 4.39 Å². The number of nitrogens with zero attached hydrogens (tertiary/aromatic N) is 1. The molecule has 20 heavy (non-hydrogen) atoms. The van der Waals surface area contributed by atoms with Crippen LogP contribution in [0.25, 0.3) is 0 Å². The summed E-state index contributed by atoms with van der Waals surface area (Å²) in [7, 11) is 1.81. The SMILES string of the molecule is CC(C)C(N)CCN(C)C(=O)CCc1ccc(F)cc1. The lowest BCUT2D eigenvalue weighted by molar-refractivity contribution is -0.129. The van der Waals surface area contributed by atoms with Crippen molar-refractivity contribution in [1.29, 1.82) is 0 Å². The average Bonchev–Trinajstić information content (AvgIpc) is 2.43. The Balaban J connectivity index is 2.33. The molecular formula is C16H25FN2O. The lowest BCUT2D eigenvalue weighted by Crippen LogP contribution is -2.34. The quantitative estimate of drug-likeness (QED) is 0.834. The normalized spacial score (nSPS) is 12.5. The van der Waals surface area contributed by atoms with Gasteiger partial charge in [0.2, 0.25) is 5.91 Å². The van der Waals surface area contributed by atoms with Crippen LogP contribution in [0.15, 0.2) is 24.3 Å². The molecule has 112 valence electrons. The summed E-state index contributed by atoms with van der Waals surface area (Å²) in [4.78, 5) is 13.7. The van der Waals surface area contributed by atoms with E-state index in [9.17, 15) is 9.18 Å². The minimum absolute atomic E-state index is 0.102. The highest BCUT2D eigenvalue weighted by Gasteiger charge is 2.12. The van der Waals surface area contributed by atoms with Gasteiger partial charge in [-0.1, -0.05) is 26.0 Å². The summed E-state index contributed by atoms with van der Waals surface area (Å²) < 4.78 is 12.8. The van der Waals surface area contributed by atoms with Gasteiger partial charge in [-0.05, 0) is 36.5 Å². The van der Waals surface area contributed by atoms with Gasteiger partial charge in [-0.25, -0.2) is 4.39 Å². The molecule has 1 atom stereocenters. The Morgan fingerprint density at radius 2 is 1.90 bits per heavy atom. The molecule has 0 radical (unpaired) electrons. The zero-order valence-corrected chi connectivity index (χ0v) is 12.6. The number of aryl methyl sites for hydroxylation is 1. The smallest absolute Gasteiger partial charge is 0.222 e. The van der Waals surface area contributed by atoms with E-state index in [1.165, 1.54) is 12.1 Å². The van der Waals surface area contributed by atoms with Crippen LogP contribution >= 0.6 is 0 Å². The number of nitrogens with two attached hydrogens (primary N) is 1. The molecule has 3 nitrogen and oxygen atoms in total. The van der Waals surface area contributed by atoms with Crippen LogP contribution in [0.5, 0.6) is 0 Å². The third kappa shape index (κ3) is 5.70. The number of hydrogen-bond acceptors (Lipinski definition) is 2. The van der Waals surface area contributed by atoms with Gasteiger partial charge in [-0.15, -0.1) is 0 Å². The van der Waals surface area contributed by atoms with Crippen molar-refractivity contribution in [2.75, 3.05) is 13.6 Å². The summed E-state index contributed by atoms with van der Waals surface area (Å²) in [6.45, 7) is 4.85. The molecule has 2 N–H and O–H groups in total. The highest BCUT2D eigenvalue weighted by molar-refractivity contribution is 5.76. The fraction of sp³-hybridized carbons (Fsp3) is 0.562. The van der Waals surface area contributed by atoms with Gasteiger partial charge in [0.1, 0.15) is 5.82 Å². The Hall–Kier alpha value is -1.42. The van der Waals surface area contributed by atoms with E-state index in [2.05, 4.69) is 13.8 Å². The first-order valence-electron chi connectivity index (χ1n) is 7.14.